The van der Waals surface area contributed by atoms with Crippen LogP contribution in [0.1, 0.15) is 52.9 Å². The molecule has 0 aromatic heterocycles. The van der Waals surface area contributed by atoms with Crippen LogP contribution >= 0.6 is 0 Å². The highest BCUT2D eigenvalue weighted by molar-refractivity contribution is 7.93. The van der Waals surface area contributed by atoms with Crippen LogP contribution in [-0.2, 0) is 14.6 Å². The topological polar surface area (TPSA) is 63.2 Å². The first-order chi connectivity index (χ1) is 11.4. The minimum absolute atomic E-state index is 0.00351. The molecule has 0 spiro atoms. The first-order valence-corrected chi connectivity index (χ1v) is 11.2. The molecule has 2 fully saturated rings. The molecule has 24 heavy (non-hydrogen) atoms. The number of fused-ring (bicyclic) bond motifs is 5. The molecule has 1 heterocycles. The lowest BCUT2D eigenvalue weighted by atomic mass is 9.78. The molecule has 5 heteroatoms. The van der Waals surface area contributed by atoms with E-state index >= 15 is 0 Å². The molecule has 3 aliphatic rings. The maximum Gasteiger partial charge on any atom is 0.238 e. The third-order valence-electron chi connectivity index (χ3n) is 6.17. The molecule has 4 nitrogen and oxygen atoms in total. The van der Waals surface area contributed by atoms with Gasteiger partial charge in [-0.05, 0) is 42.4 Å². The SMILES string of the molecule is CCCCC[C@@H]1C2C3C=CC(C3)C2[C@H](C(=O)NCC(C)C)S1(=O)=O. The molecule has 6 atom stereocenters. The minimum Gasteiger partial charge on any atom is -0.355 e. The number of carbonyl (C=O) groups is 1. The molecule has 1 saturated carbocycles. The Kier molecular flexibility index (Phi) is 5.10. The molecular weight excluding hydrogens is 322 g/mol. The lowest BCUT2D eigenvalue weighted by Gasteiger charge is -2.25. The second-order valence-electron chi connectivity index (χ2n) is 8.29. The van der Waals surface area contributed by atoms with Crippen LogP contribution in [0.3, 0.4) is 0 Å². The van der Waals surface area contributed by atoms with E-state index in [4.69, 9.17) is 0 Å². The van der Waals surface area contributed by atoms with Gasteiger partial charge in [-0.3, -0.25) is 4.79 Å². The highest BCUT2D eigenvalue weighted by atomic mass is 32.2. The van der Waals surface area contributed by atoms with Gasteiger partial charge in [-0.1, -0.05) is 52.2 Å². The van der Waals surface area contributed by atoms with Gasteiger partial charge in [-0.2, -0.15) is 0 Å². The number of sulfone groups is 1. The second kappa shape index (κ2) is 6.81. The summed E-state index contributed by atoms with van der Waals surface area (Å²) in [5, 5.41) is 1.76. The fourth-order valence-electron chi connectivity index (χ4n) is 5.16. The predicted molar refractivity (Wildman–Crippen MR) is 96.2 cm³/mol. The van der Waals surface area contributed by atoms with E-state index in [1.165, 1.54) is 0 Å². The third kappa shape index (κ3) is 2.93. The minimum atomic E-state index is -3.39. The van der Waals surface area contributed by atoms with Crippen LogP contribution in [0.15, 0.2) is 12.2 Å². The van der Waals surface area contributed by atoms with Crippen molar-refractivity contribution < 1.29 is 13.2 Å². The fraction of sp³-hybridized carbons (Fsp3) is 0.842. The van der Waals surface area contributed by atoms with Crippen molar-refractivity contribution in [1.29, 1.82) is 0 Å². The maximum absolute atomic E-state index is 13.2. The van der Waals surface area contributed by atoms with Crippen LogP contribution in [-0.4, -0.2) is 31.4 Å². The monoisotopic (exact) mass is 353 g/mol. The number of unbranched alkanes of at least 4 members (excludes halogenated alkanes) is 2. The van der Waals surface area contributed by atoms with Crippen LogP contribution in [0, 0.1) is 29.6 Å². The van der Waals surface area contributed by atoms with E-state index in [1.807, 2.05) is 13.8 Å². The molecule has 3 rings (SSSR count). The van der Waals surface area contributed by atoms with Gasteiger partial charge in [0, 0.05) is 6.54 Å². The normalized spacial score (nSPS) is 38.7. The Labute approximate surface area is 146 Å². The number of carbonyl (C=O) groups excluding carboxylic acids is 1. The highest BCUT2D eigenvalue weighted by Gasteiger charge is 2.64. The molecule has 0 aromatic carbocycles. The van der Waals surface area contributed by atoms with Crippen molar-refractivity contribution >= 4 is 15.7 Å². The van der Waals surface area contributed by atoms with Crippen LogP contribution < -0.4 is 5.32 Å². The molecule has 4 unspecified atom stereocenters. The van der Waals surface area contributed by atoms with Gasteiger partial charge in [0.1, 0.15) is 5.25 Å². The van der Waals surface area contributed by atoms with E-state index in [-0.39, 0.29) is 28.9 Å². The summed E-state index contributed by atoms with van der Waals surface area (Å²) in [7, 11) is -3.39. The summed E-state index contributed by atoms with van der Waals surface area (Å²) in [5.41, 5.74) is 0. The lowest BCUT2D eigenvalue weighted by molar-refractivity contribution is -0.121. The number of amides is 1. The summed E-state index contributed by atoms with van der Waals surface area (Å²) in [5.74, 6) is 0.886. The Morgan fingerprint density at radius 3 is 2.46 bits per heavy atom. The van der Waals surface area contributed by atoms with Gasteiger partial charge in [0.05, 0.1) is 5.25 Å². The molecular formula is C19H31NO3S. The summed E-state index contributed by atoms with van der Waals surface area (Å²) in [4.78, 5) is 12.7. The Bertz CT molecular complexity index is 610. The molecule has 1 amide bonds. The molecule has 0 radical (unpaired) electrons. The average molecular weight is 354 g/mol. The Balaban J connectivity index is 1.85. The molecule has 0 aromatic rings. The quantitative estimate of drug-likeness (QED) is 0.565. The number of allylic oxidation sites excluding steroid dienone is 2. The van der Waals surface area contributed by atoms with Crippen LogP contribution in [0.4, 0.5) is 0 Å². The van der Waals surface area contributed by atoms with Crippen LogP contribution in [0.25, 0.3) is 0 Å². The third-order valence-corrected chi connectivity index (χ3v) is 8.80. The highest BCUT2D eigenvalue weighted by Crippen LogP contribution is 2.58. The van der Waals surface area contributed by atoms with Crippen molar-refractivity contribution in [2.45, 2.75) is 63.4 Å². The standard InChI is InChI=1S/C19H31NO3S/c1-4-5-6-7-15-16-13-8-9-14(10-13)17(16)18(24(15,22)23)19(21)20-11-12(2)3/h8-9,12-18H,4-7,10-11H2,1-3H3,(H,20,21)/t13?,14?,15-,16?,17?,18-/m1/s1. The van der Waals surface area contributed by atoms with Crippen molar-refractivity contribution in [3.05, 3.63) is 12.2 Å². The van der Waals surface area contributed by atoms with Crippen LogP contribution in [0.2, 0.25) is 0 Å². The van der Waals surface area contributed by atoms with Gasteiger partial charge in [-0.15, -0.1) is 0 Å². The molecule has 2 bridgehead atoms. The molecule has 1 saturated heterocycles. The number of hydrogen-bond donors (Lipinski definition) is 1. The van der Waals surface area contributed by atoms with E-state index in [0.717, 1.165) is 32.1 Å². The molecule has 1 N–H and O–H groups in total. The molecule has 1 aliphatic heterocycles. The van der Waals surface area contributed by atoms with Crippen molar-refractivity contribution in [3.63, 3.8) is 0 Å². The zero-order valence-electron chi connectivity index (χ0n) is 15.1. The molecule has 136 valence electrons. The summed E-state index contributed by atoms with van der Waals surface area (Å²) in [6.45, 7) is 6.74. The maximum atomic E-state index is 13.2. The van der Waals surface area contributed by atoms with Crippen molar-refractivity contribution in [2.75, 3.05) is 6.54 Å². The van der Waals surface area contributed by atoms with E-state index in [1.54, 1.807) is 0 Å². The van der Waals surface area contributed by atoms with Gasteiger partial charge in [0.25, 0.3) is 0 Å². The second-order valence-corrected chi connectivity index (χ2v) is 10.6. The van der Waals surface area contributed by atoms with Gasteiger partial charge in [0.15, 0.2) is 9.84 Å². The van der Waals surface area contributed by atoms with E-state index in [0.29, 0.717) is 18.4 Å². The summed E-state index contributed by atoms with van der Waals surface area (Å²) in [6, 6.07) is 0. The Morgan fingerprint density at radius 1 is 1.17 bits per heavy atom. The van der Waals surface area contributed by atoms with E-state index in [2.05, 4.69) is 24.4 Å². The van der Waals surface area contributed by atoms with Crippen molar-refractivity contribution in [2.24, 2.45) is 29.6 Å². The molecule has 2 aliphatic carbocycles. The zero-order valence-corrected chi connectivity index (χ0v) is 15.9. The number of hydrogen-bond acceptors (Lipinski definition) is 3. The largest absolute Gasteiger partial charge is 0.355 e. The van der Waals surface area contributed by atoms with Crippen molar-refractivity contribution in [1.82, 2.24) is 5.32 Å². The summed E-state index contributed by atoms with van der Waals surface area (Å²) in [6.07, 6.45) is 9.25. The van der Waals surface area contributed by atoms with Crippen molar-refractivity contribution in [3.8, 4) is 0 Å². The van der Waals surface area contributed by atoms with Gasteiger partial charge in [0.2, 0.25) is 5.91 Å². The summed E-state index contributed by atoms with van der Waals surface area (Å²) >= 11 is 0. The Hall–Kier alpha value is -0.840. The predicted octanol–water partition coefficient (Wildman–Crippen LogP) is 2.94. The first kappa shape index (κ1) is 18.0. The average Bonchev–Trinajstić information content (AvgIpc) is 3.16. The van der Waals surface area contributed by atoms with Gasteiger partial charge in [-0.25, -0.2) is 8.42 Å². The van der Waals surface area contributed by atoms with Gasteiger partial charge >= 0.3 is 0 Å². The lowest BCUT2D eigenvalue weighted by Crippen LogP contribution is -2.44. The van der Waals surface area contributed by atoms with Gasteiger partial charge < -0.3 is 5.32 Å². The number of rotatable bonds is 7. The van der Waals surface area contributed by atoms with Crippen LogP contribution in [0.5, 0.6) is 0 Å². The number of nitrogens with one attached hydrogen (secondary N) is 1. The summed E-state index contributed by atoms with van der Waals surface area (Å²) < 4.78 is 26.4. The van der Waals surface area contributed by atoms with E-state index in [9.17, 15) is 13.2 Å². The fourth-order valence-corrected chi connectivity index (χ4v) is 8.05. The smallest absolute Gasteiger partial charge is 0.238 e. The zero-order chi connectivity index (χ0) is 17.5. The first-order valence-electron chi connectivity index (χ1n) is 9.56. The Morgan fingerprint density at radius 2 is 1.83 bits per heavy atom. The van der Waals surface area contributed by atoms with E-state index < -0.39 is 15.1 Å².